The van der Waals surface area contributed by atoms with Gasteiger partial charge in [-0.15, -0.1) is 0 Å². The first kappa shape index (κ1) is 12.6. The minimum Gasteiger partial charge on any atom is -0.310 e. The number of rotatable bonds is 5. The molecule has 0 aliphatic carbocycles. The lowest BCUT2D eigenvalue weighted by atomic mass is 10.2. The van der Waals surface area contributed by atoms with Crippen molar-refractivity contribution in [2.45, 2.75) is 20.0 Å². The molecule has 18 heavy (non-hydrogen) atoms. The van der Waals surface area contributed by atoms with Crippen LogP contribution in [0.4, 0.5) is 8.78 Å². The van der Waals surface area contributed by atoms with E-state index in [1.807, 2.05) is 6.92 Å². The summed E-state index contributed by atoms with van der Waals surface area (Å²) in [7, 11) is 0. The lowest BCUT2D eigenvalue weighted by molar-refractivity contribution is 0.491. The summed E-state index contributed by atoms with van der Waals surface area (Å²) < 4.78 is 28.0. The molecule has 96 valence electrons. The van der Waals surface area contributed by atoms with Crippen LogP contribution in [0.2, 0.25) is 0 Å². The number of nitrogens with one attached hydrogen (secondary N) is 1. The van der Waals surface area contributed by atoms with Crippen LogP contribution in [0.25, 0.3) is 0 Å². The van der Waals surface area contributed by atoms with Crippen molar-refractivity contribution in [2.24, 2.45) is 0 Å². The number of hydrogen-bond donors (Lipinski definition) is 1. The van der Waals surface area contributed by atoms with Crippen LogP contribution >= 0.6 is 0 Å². The van der Waals surface area contributed by atoms with Gasteiger partial charge in [-0.25, -0.2) is 18.4 Å². The molecule has 1 N–H and O–H groups in total. The van der Waals surface area contributed by atoms with Crippen LogP contribution in [0.1, 0.15) is 18.3 Å². The van der Waals surface area contributed by atoms with Crippen molar-refractivity contribution in [1.82, 2.24) is 20.1 Å². The standard InChI is InChI=1S/C12H14F2N4/c1-2-15-6-11-16-8-18(17-11)7-9-4-3-5-10(13)12(9)14/h3-5,8,15H,2,6-7H2,1H3. The fraction of sp³-hybridized carbons (Fsp3) is 0.333. The van der Waals surface area contributed by atoms with Crippen LogP contribution in [-0.2, 0) is 13.1 Å². The van der Waals surface area contributed by atoms with Gasteiger partial charge < -0.3 is 5.32 Å². The van der Waals surface area contributed by atoms with Crippen molar-refractivity contribution < 1.29 is 8.78 Å². The summed E-state index contributed by atoms with van der Waals surface area (Å²) >= 11 is 0. The molecule has 6 heteroatoms. The third-order valence-electron chi connectivity index (χ3n) is 2.48. The highest BCUT2D eigenvalue weighted by Crippen LogP contribution is 2.12. The maximum atomic E-state index is 13.4. The van der Waals surface area contributed by atoms with Gasteiger partial charge in [0.05, 0.1) is 13.1 Å². The van der Waals surface area contributed by atoms with E-state index in [1.54, 1.807) is 0 Å². The van der Waals surface area contributed by atoms with E-state index in [9.17, 15) is 8.78 Å². The van der Waals surface area contributed by atoms with Crippen LogP contribution in [-0.4, -0.2) is 21.3 Å². The first-order valence-corrected chi connectivity index (χ1v) is 5.72. The van der Waals surface area contributed by atoms with Gasteiger partial charge in [0.1, 0.15) is 6.33 Å². The molecule has 0 saturated heterocycles. The van der Waals surface area contributed by atoms with E-state index in [1.165, 1.54) is 23.1 Å². The van der Waals surface area contributed by atoms with Crippen LogP contribution < -0.4 is 5.32 Å². The number of hydrogen-bond acceptors (Lipinski definition) is 3. The van der Waals surface area contributed by atoms with Crippen LogP contribution in [0.5, 0.6) is 0 Å². The summed E-state index contributed by atoms with van der Waals surface area (Å²) in [6, 6.07) is 4.10. The summed E-state index contributed by atoms with van der Waals surface area (Å²) in [6.07, 6.45) is 1.51. The van der Waals surface area contributed by atoms with E-state index in [4.69, 9.17) is 0 Å². The molecule has 2 rings (SSSR count). The van der Waals surface area contributed by atoms with E-state index in [-0.39, 0.29) is 12.1 Å². The Kier molecular flexibility index (Phi) is 3.99. The predicted molar refractivity (Wildman–Crippen MR) is 62.9 cm³/mol. The molecule has 2 aromatic rings. The lowest BCUT2D eigenvalue weighted by Gasteiger charge is -2.03. The summed E-state index contributed by atoms with van der Waals surface area (Å²) in [5, 5.41) is 7.26. The topological polar surface area (TPSA) is 42.7 Å². The first-order valence-electron chi connectivity index (χ1n) is 5.72. The quantitative estimate of drug-likeness (QED) is 0.881. The minimum absolute atomic E-state index is 0.169. The molecule has 0 unspecified atom stereocenters. The Morgan fingerprint density at radius 1 is 1.33 bits per heavy atom. The molecule has 0 atom stereocenters. The molecular weight excluding hydrogens is 238 g/mol. The molecule has 0 bridgehead atoms. The maximum Gasteiger partial charge on any atom is 0.164 e. The number of benzene rings is 1. The Balaban J connectivity index is 2.09. The average molecular weight is 252 g/mol. The number of aromatic nitrogens is 3. The third-order valence-corrected chi connectivity index (χ3v) is 2.48. The van der Waals surface area contributed by atoms with E-state index in [2.05, 4.69) is 15.4 Å². The Hall–Kier alpha value is -1.82. The molecule has 0 radical (unpaired) electrons. The number of nitrogens with zero attached hydrogens (tertiary/aromatic N) is 3. The predicted octanol–water partition coefficient (Wildman–Crippen LogP) is 1.71. The van der Waals surface area contributed by atoms with Crippen molar-refractivity contribution >= 4 is 0 Å². The molecule has 0 aliphatic rings. The minimum atomic E-state index is -0.847. The molecule has 0 fully saturated rings. The summed E-state index contributed by atoms with van der Waals surface area (Å²) in [4.78, 5) is 4.08. The Labute approximate surface area is 104 Å². The van der Waals surface area contributed by atoms with Crippen molar-refractivity contribution in [2.75, 3.05) is 6.54 Å². The van der Waals surface area contributed by atoms with Crippen LogP contribution in [0, 0.1) is 11.6 Å². The summed E-state index contributed by atoms with van der Waals surface area (Å²) in [5.41, 5.74) is 0.259. The van der Waals surface area contributed by atoms with Gasteiger partial charge in [0.2, 0.25) is 0 Å². The van der Waals surface area contributed by atoms with Gasteiger partial charge in [-0.05, 0) is 12.6 Å². The van der Waals surface area contributed by atoms with Crippen molar-refractivity contribution in [3.63, 3.8) is 0 Å². The summed E-state index contributed by atoms with van der Waals surface area (Å²) in [5.74, 6) is -1.05. The second-order valence-corrected chi connectivity index (χ2v) is 3.85. The van der Waals surface area contributed by atoms with E-state index in [0.29, 0.717) is 12.4 Å². The smallest absolute Gasteiger partial charge is 0.164 e. The SMILES string of the molecule is CCNCc1ncn(Cc2cccc(F)c2F)n1. The summed E-state index contributed by atoms with van der Waals surface area (Å²) in [6.45, 7) is 3.55. The highest BCUT2D eigenvalue weighted by molar-refractivity contribution is 5.18. The van der Waals surface area contributed by atoms with Gasteiger partial charge in [-0.1, -0.05) is 19.1 Å². The van der Waals surface area contributed by atoms with Gasteiger partial charge in [0, 0.05) is 5.56 Å². The molecular formula is C12H14F2N4. The van der Waals surface area contributed by atoms with Gasteiger partial charge in [-0.3, -0.25) is 0 Å². The van der Waals surface area contributed by atoms with Gasteiger partial charge in [-0.2, -0.15) is 5.10 Å². The molecule has 4 nitrogen and oxygen atoms in total. The Morgan fingerprint density at radius 3 is 2.94 bits per heavy atom. The van der Waals surface area contributed by atoms with Crippen LogP contribution in [0.3, 0.4) is 0 Å². The zero-order valence-electron chi connectivity index (χ0n) is 10.0. The highest BCUT2D eigenvalue weighted by Gasteiger charge is 2.09. The normalized spacial score (nSPS) is 10.8. The van der Waals surface area contributed by atoms with Crippen LogP contribution in [0.15, 0.2) is 24.5 Å². The zero-order valence-corrected chi connectivity index (χ0v) is 10.0. The zero-order chi connectivity index (χ0) is 13.0. The van der Waals surface area contributed by atoms with Crippen molar-refractivity contribution in [1.29, 1.82) is 0 Å². The van der Waals surface area contributed by atoms with E-state index >= 15 is 0 Å². The van der Waals surface area contributed by atoms with Crippen molar-refractivity contribution in [3.8, 4) is 0 Å². The number of halogens is 2. The average Bonchev–Trinajstić information content (AvgIpc) is 2.80. The Bertz CT molecular complexity index is 525. The largest absolute Gasteiger partial charge is 0.310 e. The fourth-order valence-corrected chi connectivity index (χ4v) is 1.57. The molecule has 0 amide bonds. The Morgan fingerprint density at radius 2 is 2.17 bits per heavy atom. The van der Waals surface area contributed by atoms with Gasteiger partial charge >= 0.3 is 0 Å². The van der Waals surface area contributed by atoms with E-state index in [0.717, 1.165) is 12.6 Å². The first-order chi connectivity index (χ1) is 8.70. The molecule has 0 saturated carbocycles. The van der Waals surface area contributed by atoms with Gasteiger partial charge in [0.25, 0.3) is 0 Å². The fourth-order valence-electron chi connectivity index (χ4n) is 1.57. The lowest BCUT2D eigenvalue weighted by Crippen LogP contribution is -2.13. The van der Waals surface area contributed by atoms with Gasteiger partial charge in [0.15, 0.2) is 17.5 Å². The maximum absolute atomic E-state index is 13.4. The second kappa shape index (κ2) is 5.68. The monoisotopic (exact) mass is 252 g/mol. The van der Waals surface area contributed by atoms with Crippen molar-refractivity contribution in [3.05, 3.63) is 47.5 Å². The third kappa shape index (κ3) is 2.89. The molecule has 1 heterocycles. The second-order valence-electron chi connectivity index (χ2n) is 3.85. The molecule has 1 aromatic carbocycles. The molecule has 0 spiro atoms. The molecule has 0 aliphatic heterocycles. The molecule has 1 aromatic heterocycles. The van der Waals surface area contributed by atoms with E-state index < -0.39 is 11.6 Å². The highest BCUT2D eigenvalue weighted by atomic mass is 19.2.